The van der Waals surface area contributed by atoms with Gasteiger partial charge in [-0.25, -0.2) is 22.0 Å². The summed E-state index contributed by atoms with van der Waals surface area (Å²) in [4.78, 5) is 0. The fourth-order valence-corrected chi connectivity index (χ4v) is 5.22. The third-order valence-electron chi connectivity index (χ3n) is 7.63. The van der Waals surface area contributed by atoms with Gasteiger partial charge in [0.25, 0.3) is 0 Å². The Morgan fingerprint density at radius 2 is 1.06 bits per heavy atom. The lowest BCUT2D eigenvalue weighted by Gasteiger charge is -2.19. The Hall–Kier alpha value is -5.00. The van der Waals surface area contributed by atoms with E-state index in [1.807, 2.05) is 6.92 Å². The van der Waals surface area contributed by atoms with Crippen LogP contribution >= 0.6 is 0 Å². The lowest BCUT2D eigenvalue weighted by molar-refractivity contribution is -0.276. The third-order valence-corrected chi connectivity index (χ3v) is 7.63. The van der Waals surface area contributed by atoms with Gasteiger partial charge in [-0.15, -0.1) is 13.2 Å². The molecule has 0 N–H and O–H groups in total. The van der Waals surface area contributed by atoms with Crippen molar-refractivity contribution in [1.29, 1.82) is 0 Å². The highest BCUT2D eigenvalue weighted by Crippen LogP contribution is 2.37. The maximum Gasteiger partial charge on any atom is 0.573 e. The summed E-state index contributed by atoms with van der Waals surface area (Å²) in [5.41, 5.74) is -0.376. The topological polar surface area (TPSA) is 18.5 Å². The van der Waals surface area contributed by atoms with Gasteiger partial charge in [0.2, 0.25) is 5.75 Å². The fraction of sp³-hybridized carbons (Fsp3) is 0.189. The van der Waals surface area contributed by atoms with Crippen LogP contribution in [0.2, 0.25) is 0 Å². The molecule has 12 heteroatoms. The Morgan fingerprint density at radius 3 is 1.63 bits per heavy atom. The molecule has 5 rings (SSSR count). The van der Waals surface area contributed by atoms with E-state index < -0.39 is 58.4 Å². The molecule has 0 saturated heterocycles. The largest absolute Gasteiger partial charge is 0.573 e. The maximum atomic E-state index is 15.2. The van der Waals surface area contributed by atoms with Gasteiger partial charge < -0.3 is 9.47 Å². The molecule has 0 fully saturated rings. The number of alkyl halides is 5. The molecular weight excluding hydrogens is 666 g/mol. The Morgan fingerprint density at radius 1 is 0.510 bits per heavy atom. The molecule has 49 heavy (non-hydrogen) atoms. The SMILES string of the molecule is CCCCCc1ccc(C(F)(F)Oc2ccc(-c3ccc(-c4ccc(-c5cc(F)c(OC(F)(F)F)c(F)c5)c(F)c4)c(F)c3)cc2)c(F)c1. The molecular formula is C37H26F10O2. The zero-order chi connectivity index (χ0) is 35.5. The number of aryl methyl sites for hydroxylation is 1. The van der Waals surface area contributed by atoms with Crippen LogP contribution in [-0.2, 0) is 12.5 Å². The highest BCUT2D eigenvalue weighted by molar-refractivity contribution is 5.74. The lowest BCUT2D eigenvalue weighted by atomic mass is 9.97. The first kappa shape index (κ1) is 35.3. The Bertz CT molecular complexity index is 1930. The standard InChI is InChI=1S/C37H26F10O2/c1-2-3-4-5-21-6-15-29(32(40)16-21)36(43,44)48-26-11-7-22(8-12-26)23-9-13-27(30(38)17-23)24-10-14-28(31(39)18-24)25-19-33(41)35(34(42)20-25)49-37(45,46)47/h6-20H,2-5H2,1H3. The molecule has 0 radical (unpaired) electrons. The van der Waals surface area contributed by atoms with Crippen molar-refractivity contribution in [2.24, 2.45) is 0 Å². The van der Waals surface area contributed by atoms with Crippen molar-refractivity contribution in [1.82, 2.24) is 0 Å². The first-order valence-electron chi connectivity index (χ1n) is 15.0. The van der Waals surface area contributed by atoms with Crippen molar-refractivity contribution in [3.63, 3.8) is 0 Å². The smallest absolute Gasteiger partial charge is 0.429 e. The van der Waals surface area contributed by atoms with Crippen molar-refractivity contribution < 1.29 is 53.4 Å². The molecule has 0 aliphatic heterocycles. The number of rotatable bonds is 11. The van der Waals surface area contributed by atoms with Crippen LogP contribution in [0.3, 0.4) is 0 Å². The second-order valence-electron chi connectivity index (χ2n) is 11.1. The zero-order valence-electron chi connectivity index (χ0n) is 25.6. The second kappa shape index (κ2) is 14.2. The van der Waals surface area contributed by atoms with Gasteiger partial charge >= 0.3 is 12.5 Å². The van der Waals surface area contributed by atoms with Gasteiger partial charge in [-0.3, -0.25) is 0 Å². The molecule has 0 amide bonds. The van der Waals surface area contributed by atoms with Crippen molar-refractivity contribution in [2.75, 3.05) is 0 Å². The Labute approximate surface area is 274 Å². The van der Waals surface area contributed by atoms with Gasteiger partial charge in [0.05, 0.1) is 5.56 Å². The van der Waals surface area contributed by atoms with E-state index in [1.54, 1.807) is 0 Å². The normalized spacial score (nSPS) is 11.9. The average molecular weight is 693 g/mol. The summed E-state index contributed by atoms with van der Waals surface area (Å²) in [6, 6.07) is 16.8. The van der Waals surface area contributed by atoms with Gasteiger partial charge in [-0.1, -0.05) is 62.2 Å². The van der Waals surface area contributed by atoms with E-state index >= 15 is 8.78 Å². The first-order valence-corrected chi connectivity index (χ1v) is 15.0. The summed E-state index contributed by atoms with van der Waals surface area (Å²) >= 11 is 0. The minimum atomic E-state index is -5.35. The number of benzene rings is 5. The number of ether oxygens (including phenoxy) is 2. The molecule has 2 nitrogen and oxygen atoms in total. The van der Waals surface area contributed by atoms with Crippen LogP contribution in [0.15, 0.2) is 91.0 Å². The van der Waals surface area contributed by atoms with Gasteiger partial charge in [0.1, 0.15) is 23.2 Å². The molecule has 5 aromatic rings. The highest BCUT2D eigenvalue weighted by atomic mass is 19.4. The van der Waals surface area contributed by atoms with Crippen LogP contribution in [0.1, 0.15) is 37.3 Å². The first-order chi connectivity index (χ1) is 23.1. The van der Waals surface area contributed by atoms with Crippen molar-refractivity contribution in [3.8, 4) is 44.9 Å². The molecule has 0 aliphatic carbocycles. The number of halogens is 10. The average Bonchev–Trinajstić information content (AvgIpc) is 3.02. The molecule has 5 aromatic carbocycles. The summed E-state index contributed by atoms with van der Waals surface area (Å²) in [6.45, 7) is 2.02. The monoisotopic (exact) mass is 692 g/mol. The van der Waals surface area contributed by atoms with Crippen LogP contribution in [0.25, 0.3) is 33.4 Å². The van der Waals surface area contributed by atoms with E-state index in [2.05, 4.69) is 4.74 Å². The van der Waals surface area contributed by atoms with E-state index in [1.165, 1.54) is 48.5 Å². The minimum Gasteiger partial charge on any atom is -0.429 e. The molecule has 0 bridgehead atoms. The summed E-state index contributed by atoms with van der Waals surface area (Å²) in [5.74, 6) is -8.29. The van der Waals surface area contributed by atoms with Crippen molar-refractivity contribution >= 4 is 0 Å². The molecule has 0 atom stereocenters. The number of hydrogen-bond acceptors (Lipinski definition) is 2. The predicted molar refractivity (Wildman–Crippen MR) is 163 cm³/mol. The summed E-state index contributed by atoms with van der Waals surface area (Å²) in [7, 11) is 0. The lowest BCUT2D eigenvalue weighted by Crippen LogP contribution is -2.23. The van der Waals surface area contributed by atoms with Gasteiger partial charge in [-0.2, -0.15) is 8.78 Å². The fourth-order valence-electron chi connectivity index (χ4n) is 5.22. The van der Waals surface area contributed by atoms with Gasteiger partial charge in [0.15, 0.2) is 11.6 Å². The summed E-state index contributed by atoms with van der Waals surface area (Å²) < 4.78 is 148. The molecule has 0 unspecified atom stereocenters. The number of unbranched alkanes of at least 4 members (excludes halogenated alkanes) is 2. The molecule has 0 spiro atoms. The predicted octanol–water partition coefficient (Wildman–Crippen LogP) is 12.1. The van der Waals surface area contributed by atoms with Crippen LogP contribution in [0.4, 0.5) is 43.9 Å². The molecule has 0 aliphatic rings. The molecule has 0 saturated carbocycles. The maximum absolute atomic E-state index is 15.2. The quantitative estimate of drug-likeness (QED) is 0.101. The Kier molecular flexibility index (Phi) is 10.3. The third kappa shape index (κ3) is 8.36. The van der Waals surface area contributed by atoms with Gasteiger partial charge in [-0.05, 0) is 89.2 Å². The van der Waals surface area contributed by atoms with E-state index in [-0.39, 0.29) is 22.4 Å². The summed E-state index contributed by atoms with van der Waals surface area (Å²) in [6.07, 6.45) is -6.04. The van der Waals surface area contributed by atoms with Crippen LogP contribution in [0.5, 0.6) is 11.5 Å². The van der Waals surface area contributed by atoms with Crippen LogP contribution in [0, 0.1) is 29.1 Å². The van der Waals surface area contributed by atoms with Crippen LogP contribution in [-0.4, -0.2) is 6.36 Å². The van der Waals surface area contributed by atoms with E-state index in [4.69, 9.17) is 4.74 Å². The zero-order valence-corrected chi connectivity index (χ0v) is 25.6. The van der Waals surface area contributed by atoms with E-state index in [0.717, 1.165) is 49.6 Å². The molecule has 256 valence electrons. The second-order valence-corrected chi connectivity index (χ2v) is 11.1. The van der Waals surface area contributed by atoms with Crippen LogP contribution < -0.4 is 9.47 Å². The van der Waals surface area contributed by atoms with E-state index in [9.17, 15) is 35.1 Å². The molecule has 0 aromatic heterocycles. The van der Waals surface area contributed by atoms with Gasteiger partial charge in [0, 0.05) is 11.1 Å². The minimum absolute atomic E-state index is 0.0375. The van der Waals surface area contributed by atoms with Crippen molar-refractivity contribution in [3.05, 3.63) is 131 Å². The van der Waals surface area contributed by atoms with Crippen molar-refractivity contribution in [2.45, 2.75) is 45.1 Å². The van der Waals surface area contributed by atoms with E-state index in [0.29, 0.717) is 35.2 Å². The number of hydrogen-bond donors (Lipinski definition) is 0. The summed E-state index contributed by atoms with van der Waals surface area (Å²) in [5, 5.41) is 0. The molecule has 0 heterocycles. The highest BCUT2D eigenvalue weighted by Gasteiger charge is 2.38. The Balaban J connectivity index is 1.30.